The van der Waals surface area contributed by atoms with Gasteiger partial charge in [0.05, 0.1) is 12.0 Å². The number of nitrogens with zero attached hydrogens (tertiary/aromatic N) is 3. The molecule has 1 aromatic rings. The topological polar surface area (TPSA) is 85.6 Å². The molecule has 0 N–H and O–H groups in total. The number of aromatic nitrogens is 1. The molecular weight excluding hydrogens is 288 g/mol. The van der Waals surface area contributed by atoms with Crippen LogP contribution in [-0.2, 0) is 0 Å². The predicted octanol–water partition coefficient (Wildman–Crippen LogP) is 1.87. The molecular formula is C12H13F2N3O4. The Balaban J connectivity index is 2.18. The monoisotopic (exact) mass is 301 g/mol. The number of methoxy groups -OCH3 is 1. The highest BCUT2D eigenvalue weighted by Crippen LogP contribution is 2.29. The van der Waals surface area contributed by atoms with Crippen LogP contribution in [0.15, 0.2) is 12.1 Å². The van der Waals surface area contributed by atoms with E-state index in [-0.39, 0.29) is 30.4 Å². The summed E-state index contributed by atoms with van der Waals surface area (Å²) in [5, 5.41) is 10.7. The van der Waals surface area contributed by atoms with E-state index in [4.69, 9.17) is 4.74 Å². The van der Waals surface area contributed by atoms with Crippen molar-refractivity contribution in [2.75, 3.05) is 20.2 Å². The Morgan fingerprint density at radius 1 is 1.43 bits per heavy atom. The van der Waals surface area contributed by atoms with Gasteiger partial charge in [-0.15, -0.1) is 0 Å². The fourth-order valence-corrected chi connectivity index (χ4v) is 2.04. The molecule has 1 aliphatic heterocycles. The van der Waals surface area contributed by atoms with Gasteiger partial charge in [0.15, 0.2) is 0 Å². The first kappa shape index (κ1) is 15.1. The van der Waals surface area contributed by atoms with Crippen molar-refractivity contribution in [3.63, 3.8) is 0 Å². The van der Waals surface area contributed by atoms with Crippen molar-refractivity contribution in [3.05, 3.63) is 27.9 Å². The second-order valence-electron chi connectivity index (χ2n) is 4.63. The summed E-state index contributed by atoms with van der Waals surface area (Å²) in [6.45, 7) is -0.153. The van der Waals surface area contributed by atoms with Crippen LogP contribution in [0.1, 0.15) is 23.3 Å². The molecule has 1 aliphatic rings. The number of hydrogen-bond donors (Lipinski definition) is 0. The van der Waals surface area contributed by atoms with Crippen molar-refractivity contribution in [2.45, 2.75) is 18.8 Å². The van der Waals surface area contributed by atoms with Gasteiger partial charge in [0, 0.05) is 32.0 Å². The number of amides is 1. The molecule has 1 saturated heterocycles. The number of likely N-dealkylation sites (tertiary alicyclic amines) is 1. The van der Waals surface area contributed by atoms with Crippen LogP contribution in [-0.4, -0.2) is 46.8 Å². The summed E-state index contributed by atoms with van der Waals surface area (Å²) in [5.74, 6) is -3.58. The number of rotatable bonds is 3. The van der Waals surface area contributed by atoms with Gasteiger partial charge in [0.25, 0.3) is 17.7 Å². The Morgan fingerprint density at radius 2 is 2.05 bits per heavy atom. The van der Waals surface area contributed by atoms with Crippen molar-refractivity contribution in [1.29, 1.82) is 0 Å². The third-order valence-corrected chi connectivity index (χ3v) is 3.23. The highest BCUT2D eigenvalue weighted by molar-refractivity contribution is 5.92. The summed E-state index contributed by atoms with van der Waals surface area (Å²) in [4.78, 5) is 27.3. The van der Waals surface area contributed by atoms with Crippen LogP contribution in [0, 0.1) is 10.1 Å². The van der Waals surface area contributed by atoms with Crippen molar-refractivity contribution >= 4 is 11.6 Å². The Morgan fingerprint density at radius 3 is 2.57 bits per heavy atom. The smallest absolute Gasteiger partial charge is 0.330 e. The number of nitro groups is 1. The zero-order valence-electron chi connectivity index (χ0n) is 11.2. The summed E-state index contributed by atoms with van der Waals surface area (Å²) >= 11 is 0. The molecule has 0 bridgehead atoms. The van der Waals surface area contributed by atoms with E-state index in [0.717, 1.165) is 6.07 Å². The van der Waals surface area contributed by atoms with Crippen LogP contribution in [0.5, 0.6) is 5.88 Å². The van der Waals surface area contributed by atoms with E-state index in [1.807, 2.05) is 0 Å². The van der Waals surface area contributed by atoms with Gasteiger partial charge in [-0.1, -0.05) is 0 Å². The van der Waals surface area contributed by atoms with Crippen LogP contribution in [0.3, 0.4) is 0 Å². The molecule has 0 aliphatic carbocycles. The number of ether oxygens (including phenoxy) is 1. The highest BCUT2D eigenvalue weighted by Gasteiger charge is 2.36. The average molecular weight is 301 g/mol. The lowest BCUT2D eigenvalue weighted by Crippen LogP contribution is -2.43. The second kappa shape index (κ2) is 5.58. The summed E-state index contributed by atoms with van der Waals surface area (Å²) < 4.78 is 30.9. The first-order valence-electron chi connectivity index (χ1n) is 6.20. The largest absolute Gasteiger partial charge is 0.476 e. The fourth-order valence-electron chi connectivity index (χ4n) is 2.04. The fraction of sp³-hybridized carbons (Fsp3) is 0.500. The molecule has 1 amide bonds. The Bertz CT molecular complexity index is 570. The molecule has 2 heterocycles. The van der Waals surface area contributed by atoms with Crippen LogP contribution in [0.4, 0.5) is 14.5 Å². The number of alkyl halides is 2. The van der Waals surface area contributed by atoms with E-state index in [9.17, 15) is 23.7 Å². The number of carbonyl (C=O) groups is 1. The van der Waals surface area contributed by atoms with E-state index < -0.39 is 29.6 Å². The van der Waals surface area contributed by atoms with E-state index >= 15 is 0 Å². The summed E-state index contributed by atoms with van der Waals surface area (Å²) in [7, 11) is 1.20. The molecule has 0 spiro atoms. The number of pyridine rings is 1. The predicted molar refractivity (Wildman–Crippen MR) is 67.5 cm³/mol. The minimum absolute atomic E-state index is 0.0670. The minimum atomic E-state index is -2.75. The van der Waals surface area contributed by atoms with Gasteiger partial charge in [-0.2, -0.15) is 0 Å². The number of carbonyl (C=O) groups excluding carboxylic acids is 1. The zero-order valence-corrected chi connectivity index (χ0v) is 11.2. The third kappa shape index (κ3) is 3.23. The second-order valence-corrected chi connectivity index (χ2v) is 4.63. The molecule has 2 rings (SSSR count). The average Bonchev–Trinajstić information content (AvgIpc) is 2.45. The lowest BCUT2D eigenvalue weighted by atomic mass is 10.1. The maximum absolute atomic E-state index is 13.1. The van der Waals surface area contributed by atoms with E-state index in [1.165, 1.54) is 18.1 Å². The van der Waals surface area contributed by atoms with Crippen molar-refractivity contribution in [2.24, 2.45) is 0 Å². The standard InChI is InChI=1S/C12H13F2N3O4/c1-21-10-9(17(19)20)3-2-8(15-10)11(18)16-6-4-12(13,14)5-7-16/h2-3H,4-7H2,1H3. The molecule has 9 heteroatoms. The molecule has 114 valence electrons. The summed E-state index contributed by atoms with van der Waals surface area (Å²) in [5.41, 5.74) is -0.429. The molecule has 0 atom stereocenters. The van der Waals surface area contributed by atoms with Crippen molar-refractivity contribution in [3.8, 4) is 5.88 Å². The Hall–Kier alpha value is -2.32. The molecule has 0 unspecified atom stereocenters. The normalized spacial score (nSPS) is 17.4. The molecule has 0 radical (unpaired) electrons. The molecule has 21 heavy (non-hydrogen) atoms. The van der Waals surface area contributed by atoms with E-state index in [2.05, 4.69) is 4.98 Å². The number of piperidine rings is 1. The third-order valence-electron chi connectivity index (χ3n) is 3.23. The number of hydrogen-bond acceptors (Lipinski definition) is 5. The van der Waals surface area contributed by atoms with E-state index in [1.54, 1.807) is 0 Å². The maximum atomic E-state index is 13.1. The lowest BCUT2D eigenvalue weighted by Gasteiger charge is -2.31. The van der Waals surface area contributed by atoms with Gasteiger partial charge in [-0.25, -0.2) is 13.8 Å². The van der Waals surface area contributed by atoms with Crippen molar-refractivity contribution in [1.82, 2.24) is 9.88 Å². The molecule has 0 saturated carbocycles. The van der Waals surface area contributed by atoms with Gasteiger partial charge in [-0.05, 0) is 6.07 Å². The Labute approximate surface area is 118 Å². The van der Waals surface area contributed by atoms with Gasteiger partial charge >= 0.3 is 5.69 Å². The Kier molecular flexibility index (Phi) is 4.01. The highest BCUT2D eigenvalue weighted by atomic mass is 19.3. The summed E-state index contributed by atoms with van der Waals surface area (Å²) in [6.07, 6.45) is -0.800. The first-order valence-corrected chi connectivity index (χ1v) is 6.20. The number of halogens is 2. The van der Waals surface area contributed by atoms with Crippen LogP contribution in [0.25, 0.3) is 0 Å². The maximum Gasteiger partial charge on any atom is 0.330 e. The first-order chi connectivity index (χ1) is 9.84. The van der Waals surface area contributed by atoms with Crippen LogP contribution < -0.4 is 4.74 Å². The van der Waals surface area contributed by atoms with Gasteiger partial charge in [0.2, 0.25) is 0 Å². The molecule has 1 aromatic heterocycles. The lowest BCUT2D eigenvalue weighted by molar-refractivity contribution is -0.386. The van der Waals surface area contributed by atoms with Crippen LogP contribution >= 0.6 is 0 Å². The zero-order chi connectivity index (χ0) is 15.6. The van der Waals surface area contributed by atoms with Gasteiger partial charge < -0.3 is 9.64 Å². The van der Waals surface area contributed by atoms with Gasteiger partial charge in [-0.3, -0.25) is 14.9 Å². The quantitative estimate of drug-likeness (QED) is 0.628. The van der Waals surface area contributed by atoms with Crippen molar-refractivity contribution < 1.29 is 23.2 Å². The molecule has 0 aromatic carbocycles. The molecule has 7 nitrogen and oxygen atoms in total. The SMILES string of the molecule is COc1nc(C(=O)N2CCC(F)(F)CC2)ccc1[N+](=O)[O-]. The minimum Gasteiger partial charge on any atom is -0.476 e. The summed E-state index contributed by atoms with van der Waals surface area (Å²) in [6, 6.07) is 2.30. The van der Waals surface area contributed by atoms with E-state index in [0.29, 0.717) is 0 Å². The molecule has 1 fully saturated rings. The van der Waals surface area contributed by atoms with Crippen LogP contribution in [0.2, 0.25) is 0 Å². The van der Waals surface area contributed by atoms with Gasteiger partial charge in [0.1, 0.15) is 5.69 Å².